The first-order chi connectivity index (χ1) is 10.1. The molecule has 1 heterocycles. The first-order valence-electron chi connectivity index (χ1n) is 7.50. The van der Waals surface area contributed by atoms with Crippen molar-refractivity contribution in [3.05, 3.63) is 29.3 Å². The lowest BCUT2D eigenvalue weighted by molar-refractivity contribution is -0.139. The Kier molecular flexibility index (Phi) is 4.36. The summed E-state index contributed by atoms with van der Waals surface area (Å²) in [6.07, 6.45) is 3.40. The van der Waals surface area contributed by atoms with Gasteiger partial charge in [0, 0.05) is 12.6 Å². The number of ether oxygens (including phenoxy) is 1. The van der Waals surface area contributed by atoms with Gasteiger partial charge in [0.15, 0.2) is 6.61 Å². The number of hydrogen-bond acceptors (Lipinski definition) is 3. The highest BCUT2D eigenvalue weighted by atomic mass is 35.5. The predicted octanol–water partition coefficient (Wildman–Crippen LogP) is 2.48. The second-order valence-corrected chi connectivity index (χ2v) is 6.30. The van der Waals surface area contributed by atoms with Crippen molar-refractivity contribution in [1.82, 2.24) is 4.90 Å². The zero-order valence-electron chi connectivity index (χ0n) is 11.9. The topological polar surface area (TPSA) is 49.8 Å². The van der Waals surface area contributed by atoms with Gasteiger partial charge in [0.05, 0.1) is 11.1 Å². The van der Waals surface area contributed by atoms with E-state index in [2.05, 4.69) is 0 Å². The number of nitrogens with zero attached hydrogens (tertiary/aromatic N) is 1. The van der Waals surface area contributed by atoms with E-state index in [1.54, 1.807) is 12.1 Å². The highest BCUT2D eigenvalue weighted by Gasteiger charge is 2.40. The monoisotopic (exact) mass is 309 g/mol. The van der Waals surface area contributed by atoms with Crippen molar-refractivity contribution in [2.75, 3.05) is 13.2 Å². The summed E-state index contributed by atoms with van der Waals surface area (Å²) in [5.74, 6) is 1.08. The van der Waals surface area contributed by atoms with Crippen LogP contribution in [0.15, 0.2) is 24.3 Å². The quantitative estimate of drug-likeness (QED) is 0.929. The molecule has 1 saturated carbocycles. The zero-order valence-corrected chi connectivity index (χ0v) is 12.6. The fourth-order valence-electron chi connectivity index (χ4n) is 3.00. The van der Waals surface area contributed by atoms with Crippen LogP contribution in [-0.4, -0.2) is 41.2 Å². The lowest BCUT2D eigenvalue weighted by Crippen LogP contribution is -2.50. The molecule has 0 spiro atoms. The summed E-state index contributed by atoms with van der Waals surface area (Å²) in [4.78, 5) is 14.3. The minimum Gasteiger partial charge on any atom is -0.482 e. The number of carbonyl (C=O) groups is 1. The van der Waals surface area contributed by atoms with Crippen molar-refractivity contribution in [3.8, 4) is 5.75 Å². The van der Waals surface area contributed by atoms with E-state index in [1.807, 2.05) is 17.0 Å². The molecule has 2 aliphatic rings. The maximum absolute atomic E-state index is 12.4. The SMILES string of the molecule is O=C(COc1ccccc1Cl)N1CC[C@@H](O)C[C@@H]1C1CC1. The molecule has 0 aromatic heterocycles. The Labute approximate surface area is 129 Å². The molecule has 1 amide bonds. The molecule has 2 fully saturated rings. The van der Waals surface area contributed by atoms with Crippen LogP contribution in [-0.2, 0) is 4.79 Å². The Hall–Kier alpha value is -1.26. The Morgan fingerprint density at radius 2 is 2.10 bits per heavy atom. The van der Waals surface area contributed by atoms with Gasteiger partial charge >= 0.3 is 0 Å². The van der Waals surface area contributed by atoms with E-state index in [4.69, 9.17) is 16.3 Å². The number of carbonyl (C=O) groups excluding carboxylic acids is 1. The van der Waals surface area contributed by atoms with E-state index >= 15 is 0 Å². The fourth-order valence-corrected chi connectivity index (χ4v) is 3.19. The van der Waals surface area contributed by atoms with Crippen molar-refractivity contribution in [2.24, 2.45) is 5.92 Å². The van der Waals surface area contributed by atoms with Crippen LogP contribution in [0.2, 0.25) is 5.02 Å². The van der Waals surface area contributed by atoms with Crippen molar-refractivity contribution in [1.29, 1.82) is 0 Å². The van der Waals surface area contributed by atoms with Gasteiger partial charge in [-0.05, 0) is 43.7 Å². The van der Waals surface area contributed by atoms with Crippen LogP contribution >= 0.6 is 11.6 Å². The van der Waals surface area contributed by atoms with E-state index in [1.165, 1.54) is 0 Å². The fraction of sp³-hybridized carbons (Fsp3) is 0.562. The molecule has 21 heavy (non-hydrogen) atoms. The third-order valence-electron chi connectivity index (χ3n) is 4.29. The maximum Gasteiger partial charge on any atom is 0.260 e. The number of piperidine rings is 1. The molecular weight excluding hydrogens is 290 g/mol. The lowest BCUT2D eigenvalue weighted by Gasteiger charge is -2.38. The number of amides is 1. The zero-order chi connectivity index (χ0) is 14.8. The molecule has 5 heteroatoms. The highest BCUT2D eigenvalue weighted by molar-refractivity contribution is 6.32. The largest absolute Gasteiger partial charge is 0.482 e. The molecule has 0 unspecified atom stereocenters. The second kappa shape index (κ2) is 6.24. The van der Waals surface area contributed by atoms with Crippen molar-refractivity contribution in [3.63, 3.8) is 0 Å². The van der Waals surface area contributed by atoms with Crippen molar-refractivity contribution in [2.45, 2.75) is 37.8 Å². The van der Waals surface area contributed by atoms with Crippen LogP contribution in [0.4, 0.5) is 0 Å². The molecule has 1 aliphatic heterocycles. The summed E-state index contributed by atoms with van der Waals surface area (Å²) in [7, 11) is 0. The smallest absolute Gasteiger partial charge is 0.260 e. The Morgan fingerprint density at radius 3 is 2.81 bits per heavy atom. The first-order valence-corrected chi connectivity index (χ1v) is 7.88. The normalized spacial score (nSPS) is 25.7. The van der Waals surface area contributed by atoms with Crippen LogP contribution in [0.5, 0.6) is 5.75 Å². The molecule has 1 aromatic carbocycles. The standard InChI is InChI=1S/C16H20ClNO3/c17-13-3-1-2-4-15(13)21-10-16(20)18-8-7-12(19)9-14(18)11-5-6-11/h1-4,11-12,14,19H,5-10H2/t12-,14-/m1/s1. The van der Waals surface area contributed by atoms with Crippen LogP contribution in [0.1, 0.15) is 25.7 Å². The van der Waals surface area contributed by atoms with Crippen LogP contribution in [0, 0.1) is 5.92 Å². The molecule has 4 nitrogen and oxygen atoms in total. The number of benzene rings is 1. The van der Waals surface area contributed by atoms with E-state index in [0.717, 1.165) is 12.8 Å². The average Bonchev–Trinajstić information content (AvgIpc) is 3.30. The third-order valence-corrected chi connectivity index (χ3v) is 4.60. The molecule has 2 atom stereocenters. The summed E-state index contributed by atoms with van der Waals surface area (Å²) in [6.45, 7) is 0.621. The van der Waals surface area contributed by atoms with Gasteiger partial charge in [0.1, 0.15) is 5.75 Å². The molecular formula is C16H20ClNO3. The van der Waals surface area contributed by atoms with Crippen LogP contribution in [0.3, 0.4) is 0 Å². The number of para-hydroxylation sites is 1. The first kappa shape index (κ1) is 14.7. The van der Waals surface area contributed by atoms with Gasteiger partial charge in [-0.15, -0.1) is 0 Å². The number of halogens is 1. The molecule has 0 radical (unpaired) electrons. The van der Waals surface area contributed by atoms with Gasteiger partial charge in [-0.25, -0.2) is 0 Å². The summed E-state index contributed by atoms with van der Waals surface area (Å²) >= 11 is 6.02. The minimum atomic E-state index is -0.274. The molecule has 1 aromatic rings. The van der Waals surface area contributed by atoms with Gasteiger partial charge < -0.3 is 14.7 Å². The molecule has 1 saturated heterocycles. The molecule has 1 aliphatic carbocycles. The number of rotatable bonds is 4. The number of hydrogen-bond donors (Lipinski definition) is 1. The maximum atomic E-state index is 12.4. The Balaban J connectivity index is 1.60. The van der Waals surface area contributed by atoms with Crippen molar-refractivity contribution >= 4 is 17.5 Å². The van der Waals surface area contributed by atoms with Crippen molar-refractivity contribution < 1.29 is 14.6 Å². The van der Waals surface area contributed by atoms with Gasteiger partial charge in [-0.3, -0.25) is 4.79 Å². The van der Waals surface area contributed by atoms with E-state index in [0.29, 0.717) is 36.1 Å². The molecule has 114 valence electrons. The molecule has 3 rings (SSSR count). The summed E-state index contributed by atoms with van der Waals surface area (Å²) < 4.78 is 5.54. The number of likely N-dealkylation sites (tertiary alicyclic amines) is 1. The van der Waals surface area contributed by atoms with Gasteiger partial charge in [-0.1, -0.05) is 23.7 Å². The van der Waals surface area contributed by atoms with Crippen LogP contribution in [0.25, 0.3) is 0 Å². The van der Waals surface area contributed by atoms with Gasteiger partial charge in [0.2, 0.25) is 0 Å². The average molecular weight is 310 g/mol. The van der Waals surface area contributed by atoms with E-state index < -0.39 is 0 Å². The van der Waals surface area contributed by atoms with Gasteiger partial charge in [-0.2, -0.15) is 0 Å². The minimum absolute atomic E-state index is 0.00302. The van der Waals surface area contributed by atoms with Crippen LogP contribution < -0.4 is 4.74 Å². The number of aliphatic hydroxyl groups excluding tert-OH is 1. The van der Waals surface area contributed by atoms with Gasteiger partial charge in [0.25, 0.3) is 5.91 Å². The lowest BCUT2D eigenvalue weighted by atomic mass is 9.96. The summed E-state index contributed by atoms with van der Waals surface area (Å²) in [5.41, 5.74) is 0. The Morgan fingerprint density at radius 1 is 1.33 bits per heavy atom. The summed E-state index contributed by atoms with van der Waals surface area (Å²) in [5, 5.41) is 10.3. The molecule has 1 N–H and O–H groups in total. The Bertz CT molecular complexity index is 518. The second-order valence-electron chi connectivity index (χ2n) is 5.89. The van der Waals surface area contributed by atoms with E-state index in [-0.39, 0.29) is 24.7 Å². The third kappa shape index (κ3) is 3.50. The predicted molar refractivity (Wildman–Crippen MR) is 80.4 cm³/mol. The molecule has 0 bridgehead atoms. The highest BCUT2D eigenvalue weighted by Crippen LogP contribution is 2.39. The van der Waals surface area contributed by atoms with E-state index in [9.17, 15) is 9.90 Å². The summed E-state index contributed by atoms with van der Waals surface area (Å²) in [6, 6.07) is 7.33. The number of aliphatic hydroxyl groups is 1.